The first-order valence-corrected chi connectivity index (χ1v) is 8.15. The summed E-state index contributed by atoms with van der Waals surface area (Å²) >= 11 is 0. The fourth-order valence-corrected chi connectivity index (χ4v) is 3.37. The summed E-state index contributed by atoms with van der Waals surface area (Å²) in [6.07, 6.45) is 0. The SMILES string of the molecule is Cc1cc(F)cc(C)c1S(=O)(=O)NCC(=O)NCC(C)C. The molecule has 0 fully saturated rings. The molecule has 0 aliphatic heterocycles. The van der Waals surface area contributed by atoms with Crippen LogP contribution in [0.25, 0.3) is 0 Å². The molecule has 0 bridgehead atoms. The standard InChI is InChI=1S/C14H21FN2O3S/c1-9(2)7-16-13(18)8-17-21(19,20)14-10(3)5-12(15)6-11(14)4/h5-6,9,17H,7-8H2,1-4H3,(H,16,18). The Morgan fingerprint density at radius 1 is 1.24 bits per heavy atom. The summed E-state index contributed by atoms with van der Waals surface area (Å²) in [7, 11) is -3.85. The highest BCUT2D eigenvalue weighted by atomic mass is 32.2. The van der Waals surface area contributed by atoms with Crippen LogP contribution in [0, 0.1) is 25.6 Å². The van der Waals surface area contributed by atoms with Crippen LogP contribution in [0.2, 0.25) is 0 Å². The van der Waals surface area contributed by atoms with Gasteiger partial charge in [-0.3, -0.25) is 4.79 Å². The molecular formula is C14H21FN2O3S. The van der Waals surface area contributed by atoms with Crippen molar-refractivity contribution < 1.29 is 17.6 Å². The third kappa shape index (κ3) is 5.09. The van der Waals surface area contributed by atoms with Crippen LogP contribution in [0.5, 0.6) is 0 Å². The maximum Gasteiger partial charge on any atom is 0.241 e. The predicted molar refractivity (Wildman–Crippen MR) is 78.9 cm³/mol. The molecule has 1 rings (SSSR count). The first kappa shape index (κ1) is 17.6. The fraction of sp³-hybridized carbons (Fsp3) is 0.500. The summed E-state index contributed by atoms with van der Waals surface area (Å²) in [6, 6.07) is 2.31. The van der Waals surface area contributed by atoms with E-state index in [0.717, 1.165) is 12.1 Å². The van der Waals surface area contributed by atoms with E-state index in [2.05, 4.69) is 10.0 Å². The molecule has 0 radical (unpaired) electrons. The molecule has 1 aromatic carbocycles. The van der Waals surface area contributed by atoms with Crippen LogP contribution in [0.3, 0.4) is 0 Å². The van der Waals surface area contributed by atoms with Crippen molar-refractivity contribution >= 4 is 15.9 Å². The molecule has 0 saturated carbocycles. The topological polar surface area (TPSA) is 75.3 Å². The van der Waals surface area contributed by atoms with Crippen molar-refractivity contribution in [3.63, 3.8) is 0 Å². The maximum atomic E-state index is 13.2. The first-order valence-electron chi connectivity index (χ1n) is 6.66. The number of carbonyl (C=O) groups is 1. The number of hydrogen-bond donors (Lipinski definition) is 2. The minimum atomic E-state index is -3.85. The molecule has 0 saturated heterocycles. The minimum absolute atomic E-state index is 0.0144. The van der Waals surface area contributed by atoms with E-state index in [1.165, 1.54) is 13.8 Å². The molecule has 0 unspecified atom stereocenters. The van der Waals surface area contributed by atoms with Gasteiger partial charge in [0.15, 0.2) is 0 Å². The zero-order valence-electron chi connectivity index (χ0n) is 12.7. The molecule has 0 aromatic heterocycles. The summed E-state index contributed by atoms with van der Waals surface area (Å²) in [5.41, 5.74) is 0.616. The molecule has 0 heterocycles. The number of aryl methyl sites for hydroxylation is 2. The number of rotatable bonds is 6. The lowest BCUT2D eigenvalue weighted by Crippen LogP contribution is -2.38. The Morgan fingerprint density at radius 3 is 2.24 bits per heavy atom. The van der Waals surface area contributed by atoms with Gasteiger partial charge in [0.2, 0.25) is 15.9 Å². The molecule has 1 amide bonds. The average Bonchev–Trinajstić information content (AvgIpc) is 2.32. The van der Waals surface area contributed by atoms with Gasteiger partial charge in [0, 0.05) is 6.54 Å². The number of halogens is 1. The average molecular weight is 316 g/mol. The highest BCUT2D eigenvalue weighted by Crippen LogP contribution is 2.20. The van der Waals surface area contributed by atoms with E-state index in [1.807, 2.05) is 13.8 Å². The fourth-order valence-electron chi connectivity index (χ4n) is 1.93. The maximum absolute atomic E-state index is 13.2. The van der Waals surface area contributed by atoms with E-state index < -0.39 is 21.7 Å². The predicted octanol–water partition coefficient (Wildman–Crippen LogP) is 1.49. The van der Waals surface area contributed by atoms with Crippen LogP contribution in [0.1, 0.15) is 25.0 Å². The van der Waals surface area contributed by atoms with Crippen molar-refractivity contribution in [1.82, 2.24) is 10.0 Å². The van der Waals surface area contributed by atoms with Gasteiger partial charge in [-0.2, -0.15) is 0 Å². The van der Waals surface area contributed by atoms with Gasteiger partial charge in [-0.05, 0) is 43.0 Å². The third-order valence-electron chi connectivity index (χ3n) is 2.82. The summed E-state index contributed by atoms with van der Waals surface area (Å²) in [6.45, 7) is 7.05. The molecular weight excluding hydrogens is 295 g/mol. The largest absolute Gasteiger partial charge is 0.355 e. The molecule has 7 heteroatoms. The number of benzene rings is 1. The smallest absolute Gasteiger partial charge is 0.241 e. The van der Waals surface area contributed by atoms with E-state index in [1.54, 1.807) is 0 Å². The summed E-state index contributed by atoms with van der Waals surface area (Å²) in [4.78, 5) is 11.6. The Morgan fingerprint density at radius 2 is 1.76 bits per heavy atom. The monoisotopic (exact) mass is 316 g/mol. The Kier molecular flexibility index (Phi) is 5.86. The highest BCUT2D eigenvalue weighted by Gasteiger charge is 2.21. The lowest BCUT2D eigenvalue weighted by molar-refractivity contribution is -0.120. The number of carbonyl (C=O) groups excluding carboxylic acids is 1. The van der Waals surface area contributed by atoms with E-state index in [4.69, 9.17) is 0 Å². The van der Waals surface area contributed by atoms with Crippen molar-refractivity contribution in [2.45, 2.75) is 32.6 Å². The van der Waals surface area contributed by atoms with Crippen LogP contribution in [-0.4, -0.2) is 27.4 Å². The Bertz CT molecular complexity index is 604. The zero-order chi connectivity index (χ0) is 16.2. The Hall–Kier alpha value is -1.47. The van der Waals surface area contributed by atoms with Crippen LogP contribution >= 0.6 is 0 Å². The number of sulfonamides is 1. The molecule has 118 valence electrons. The zero-order valence-corrected chi connectivity index (χ0v) is 13.5. The summed E-state index contributed by atoms with van der Waals surface area (Å²) in [5.74, 6) is -0.601. The second-order valence-corrected chi connectivity index (χ2v) is 7.09. The van der Waals surface area contributed by atoms with E-state index in [9.17, 15) is 17.6 Å². The molecule has 1 aromatic rings. The van der Waals surface area contributed by atoms with Crippen LogP contribution < -0.4 is 10.0 Å². The van der Waals surface area contributed by atoms with Gasteiger partial charge in [0.25, 0.3) is 0 Å². The lowest BCUT2D eigenvalue weighted by Gasteiger charge is -2.13. The molecule has 0 atom stereocenters. The first-order chi connectivity index (χ1) is 9.63. The van der Waals surface area contributed by atoms with Gasteiger partial charge >= 0.3 is 0 Å². The van der Waals surface area contributed by atoms with Gasteiger partial charge < -0.3 is 5.32 Å². The summed E-state index contributed by atoms with van der Waals surface area (Å²) < 4.78 is 39.9. The Balaban J connectivity index is 2.82. The Labute approximate surface area is 125 Å². The van der Waals surface area contributed by atoms with E-state index in [0.29, 0.717) is 17.7 Å². The number of amides is 1. The van der Waals surface area contributed by atoms with Crippen molar-refractivity contribution in [3.8, 4) is 0 Å². The van der Waals surface area contributed by atoms with Crippen molar-refractivity contribution in [2.24, 2.45) is 5.92 Å². The van der Waals surface area contributed by atoms with Gasteiger partial charge in [-0.25, -0.2) is 17.5 Å². The van der Waals surface area contributed by atoms with Crippen LogP contribution in [0.4, 0.5) is 4.39 Å². The molecule has 0 aliphatic rings. The van der Waals surface area contributed by atoms with Gasteiger partial charge in [0.05, 0.1) is 11.4 Å². The quantitative estimate of drug-likeness (QED) is 0.835. The van der Waals surface area contributed by atoms with Crippen LogP contribution in [-0.2, 0) is 14.8 Å². The van der Waals surface area contributed by atoms with Gasteiger partial charge in [-0.15, -0.1) is 0 Å². The molecule has 2 N–H and O–H groups in total. The van der Waals surface area contributed by atoms with Crippen molar-refractivity contribution in [1.29, 1.82) is 0 Å². The van der Waals surface area contributed by atoms with Gasteiger partial charge in [-0.1, -0.05) is 13.8 Å². The van der Waals surface area contributed by atoms with Crippen molar-refractivity contribution in [3.05, 3.63) is 29.1 Å². The molecule has 5 nitrogen and oxygen atoms in total. The van der Waals surface area contributed by atoms with Gasteiger partial charge in [0.1, 0.15) is 5.82 Å². The number of hydrogen-bond acceptors (Lipinski definition) is 3. The minimum Gasteiger partial charge on any atom is -0.355 e. The lowest BCUT2D eigenvalue weighted by atomic mass is 10.1. The second-order valence-electron chi connectivity index (χ2n) is 5.39. The van der Waals surface area contributed by atoms with E-state index >= 15 is 0 Å². The molecule has 0 spiro atoms. The normalized spacial score (nSPS) is 11.7. The second kappa shape index (κ2) is 7.00. The summed E-state index contributed by atoms with van der Waals surface area (Å²) in [5, 5.41) is 2.62. The molecule has 0 aliphatic carbocycles. The van der Waals surface area contributed by atoms with Crippen molar-refractivity contribution in [2.75, 3.05) is 13.1 Å². The van der Waals surface area contributed by atoms with Crippen LogP contribution in [0.15, 0.2) is 17.0 Å². The van der Waals surface area contributed by atoms with E-state index in [-0.39, 0.29) is 17.4 Å². The highest BCUT2D eigenvalue weighted by molar-refractivity contribution is 7.89. The molecule has 21 heavy (non-hydrogen) atoms. The third-order valence-corrected chi connectivity index (χ3v) is 4.53. The number of nitrogens with one attached hydrogen (secondary N) is 2.